The zero-order chi connectivity index (χ0) is 15.7. The Kier molecular flexibility index (Phi) is 6.73. The molecule has 114 valence electrons. The van der Waals surface area contributed by atoms with E-state index in [0.29, 0.717) is 5.75 Å². The van der Waals surface area contributed by atoms with E-state index >= 15 is 0 Å². The van der Waals surface area contributed by atoms with Gasteiger partial charge in [-0.1, -0.05) is 19.1 Å². The summed E-state index contributed by atoms with van der Waals surface area (Å²) in [7, 11) is 0. The number of nitrogens with one attached hydrogen (secondary N) is 2. The lowest BCUT2D eigenvalue weighted by atomic mass is 10.2. The monoisotopic (exact) mass is 294 g/mol. The van der Waals surface area contributed by atoms with E-state index in [4.69, 9.17) is 4.74 Å². The molecule has 0 aliphatic heterocycles. The minimum absolute atomic E-state index is 0.293. The largest absolute Gasteiger partial charge is 0.482 e. The highest BCUT2D eigenvalue weighted by Gasteiger charge is 2.08. The van der Waals surface area contributed by atoms with Crippen molar-refractivity contribution in [1.29, 1.82) is 0 Å². The van der Waals surface area contributed by atoms with E-state index in [1.165, 1.54) is 12.5 Å². The van der Waals surface area contributed by atoms with Crippen molar-refractivity contribution in [3.05, 3.63) is 29.8 Å². The van der Waals surface area contributed by atoms with Crippen LogP contribution in [0, 0.1) is 0 Å². The predicted octanol–water partition coefficient (Wildman–Crippen LogP) is 0.338. The third-order valence-corrected chi connectivity index (χ3v) is 2.43. The highest BCUT2D eigenvalue weighted by Crippen LogP contribution is 2.12. The maximum atomic E-state index is 11.4. The van der Waals surface area contributed by atoms with Gasteiger partial charge in [0.25, 0.3) is 5.91 Å². The number of rotatable bonds is 6. The summed E-state index contributed by atoms with van der Waals surface area (Å²) in [5, 5.41) is 0. The van der Waals surface area contributed by atoms with Crippen LogP contribution in [-0.2, 0) is 25.5 Å². The minimum atomic E-state index is -0.674. The third-order valence-electron chi connectivity index (χ3n) is 2.43. The molecule has 1 aromatic rings. The fourth-order valence-corrected chi connectivity index (χ4v) is 1.35. The first-order chi connectivity index (χ1) is 10.0. The molecule has 7 nitrogen and oxygen atoms in total. The molecule has 0 aliphatic carbocycles. The number of esters is 1. The maximum absolute atomic E-state index is 11.4. The molecule has 0 aliphatic rings. The minimum Gasteiger partial charge on any atom is -0.482 e. The van der Waals surface area contributed by atoms with Gasteiger partial charge < -0.3 is 9.47 Å². The number of hydrogen-bond acceptors (Lipinski definition) is 5. The molecule has 2 N–H and O–H groups in total. The lowest BCUT2D eigenvalue weighted by Gasteiger charge is -2.08. The van der Waals surface area contributed by atoms with Crippen LogP contribution in [0.5, 0.6) is 5.75 Å². The van der Waals surface area contributed by atoms with Gasteiger partial charge in [-0.05, 0) is 24.1 Å². The number of carbonyl (C=O) groups excluding carboxylic acids is 3. The summed E-state index contributed by atoms with van der Waals surface area (Å²) in [5.74, 6) is -1.18. The quantitative estimate of drug-likeness (QED) is 0.583. The summed E-state index contributed by atoms with van der Waals surface area (Å²) in [5.41, 5.74) is 5.31. The zero-order valence-corrected chi connectivity index (χ0v) is 12.0. The molecule has 0 fully saturated rings. The smallest absolute Gasteiger partial charge is 0.344 e. The molecular formula is C14H18N2O5. The van der Waals surface area contributed by atoms with E-state index in [1.807, 2.05) is 19.1 Å². The molecule has 0 heterocycles. The molecule has 0 radical (unpaired) electrons. The lowest BCUT2D eigenvalue weighted by molar-refractivity contribution is -0.150. The molecule has 0 atom stereocenters. The first kappa shape index (κ1) is 16.5. The Morgan fingerprint density at radius 3 is 2.29 bits per heavy atom. The Morgan fingerprint density at radius 1 is 1.05 bits per heavy atom. The number of amides is 2. The number of benzene rings is 1. The van der Waals surface area contributed by atoms with Crippen LogP contribution < -0.4 is 15.6 Å². The van der Waals surface area contributed by atoms with Crippen LogP contribution in [0.4, 0.5) is 0 Å². The van der Waals surface area contributed by atoms with Gasteiger partial charge in [0.2, 0.25) is 5.91 Å². The number of aryl methyl sites for hydroxylation is 1. The molecule has 0 aromatic heterocycles. The maximum Gasteiger partial charge on any atom is 0.344 e. The fraction of sp³-hybridized carbons (Fsp3) is 0.357. The summed E-state index contributed by atoms with van der Waals surface area (Å²) in [4.78, 5) is 33.1. The molecule has 7 heteroatoms. The van der Waals surface area contributed by atoms with Gasteiger partial charge in [0, 0.05) is 6.92 Å². The van der Waals surface area contributed by atoms with Crippen LogP contribution in [-0.4, -0.2) is 31.0 Å². The van der Waals surface area contributed by atoms with Crippen molar-refractivity contribution in [3.8, 4) is 5.75 Å². The topological polar surface area (TPSA) is 93.7 Å². The molecule has 1 aromatic carbocycles. The summed E-state index contributed by atoms with van der Waals surface area (Å²) in [6.07, 6.45) is 0.922. The second-order valence-corrected chi connectivity index (χ2v) is 4.18. The van der Waals surface area contributed by atoms with E-state index < -0.39 is 24.4 Å². The zero-order valence-electron chi connectivity index (χ0n) is 12.0. The van der Waals surface area contributed by atoms with Gasteiger partial charge >= 0.3 is 5.97 Å². The van der Waals surface area contributed by atoms with Gasteiger partial charge in [0.05, 0.1) is 0 Å². The molecular weight excluding hydrogens is 276 g/mol. The van der Waals surface area contributed by atoms with Crippen LogP contribution in [0.2, 0.25) is 0 Å². The lowest BCUT2D eigenvalue weighted by Crippen LogP contribution is -2.42. The molecule has 0 bridgehead atoms. The first-order valence-electron chi connectivity index (χ1n) is 6.44. The first-order valence-corrected chi connectivity index (χ1v) is 6.44. The van der Waals surface area contributed by atoms with Gasteiger partial charge in [-0.15, -0.1) is 0 Å². The fourth-order valence-electron chi connectivity index (χ4n) is 1.35. The highest BCUT2D eigenvalue weighted by atomic mass is 16.6. The van der Waals surface area contributed by atoms with E-state index in [1.54, 1.807) is 12.1 Å². The average Bonchev–Trinajstić information content (AvgIpc) is 2.49. The number of carbonyl (C=O) groups is 3. The van der Waals surface area contributed by atoms with Crippen LogP contribution in [0.15, 0.2) is 24.3 Å². The summed E-state index contributed by atoms with van der Waals surface area (Å²) in [6, 6.07) is 7.33. The normalized spacial score (nSPS) is 9.62. The van der Waals surface area contributed by atoms with Crippen molar-refractivity contribution in [3.63, 3.8) is 0 Å². The number of hydrogen-bond donors (Lipinski definition) is 2. The van der Waals surface area contributed by atoms with Crippen LogP contribution in [0.3, 0.4) is 0 Å². The molecule has 1 rings (SSSR count). The van der Waals surface area contributed by atoms with Gasteiger partial charge in [-0.25, -0.2) is 4.79 Å². The SMILES string of the molecule is CCc1ccc(OCC(=O)OCC(=O)NNC(C)=O)cc1. The van der Waals surface area contributed by atoms with E-state index in [0.717, 1.165) is 6.42 Å². The van der Waals surface area contributed by atoms with Crippen molar-refractivity contribution in [1.82, 2.24) is 10.9 Å². The van der Waals surface area contributed by atoms with Crippen molar-refractivity contribution in [2.45, 2.75) is 20.3 Å². The van der Waals surface area contributed by atoms with Crippen molar-refractivity contribution in [2.24, 2.45) is 0 Å². The molecule has 0 saturated heterocycles. The Balaban J connectivity index is 2.24. The average molecular weight is 294 g/mol. The summed E-state index contributed by atoms with van der Waals surface area (Å²) >= 11 is 0. The summed E-state index contributed by atoms with van der Waals surface area (Å²) in [6.45, 7) is 2.50. The van der Waals surface area contributed by atoms with Gasteiger partial charge in [0.15, 0.2) is 13.2 Å². The van der Waals surface area contributed by atoms with Crippen molar-refractivity contribution in [2.75, 3.05) is 13.2 Å². The number of ether oxygens (including phenoxy) is 2. The van der Waals surface area contributed by atoms with Crippen molar-refractivity contribution >= 4 is 17.8 Å². The second kappa shape index (κ2) is 8.57. The van der Waals surface area contributed by atoms with E-state index in [-0.39, 0.29) is 6.61 Å². The van der Waals surface area contributed by atoms with Gasteiger partial charge in [-0.2, -0.15) is 0 Å². The van der Waals surface area contributed by atoms with Crippen LogP contribution in [0.25, 0.3) is 0 Å². The summed E-state index contributed by atoms with van der Waals surface area (Å²) < 4.78 is 9.90. The van der Waals surface area contributed by atoms with Gasteiger partial charge in [0.1, 0.15) is 5.75 Å². The highest BCUT2D eigenvalue weighted by molar-refractivity contribution is 5.83. The molecule has 0 saturated carbocycles. The van der Waals surface area contributed by atoms with Crippen molar-refractivity contribution < 1.29 is 23.9 Å². The molecule has 2 amide bonds. The second-order valence-electron chi connectivity index (χ2n) is 4.18. The predicted molar refractivity (Wildman–Crippen MR) is 74.2 cm³/mol. The molecule has 0 spiro atoms. The van der Waals surface area contributed by atoms with E-state index in [2.05, 4.69) is 15.6 Å². The number of hydrazine groups is 1. The Hall–Kier alpha value is -2.57. The van der Waals surface area contributed by atoms with E-state index in [9.17, 15) is 14.4 Å². The molecule has 0 unspecified atom stereocenters. The van der Waals surface area contributed by atoms with Gasteiger partial charge in [-0.3, -0.25) is 20.4 Å². The standard InChI is InChI=1S/C14H18N2O5/c1-3-11-4-6-12(7-5-11)20-9-14(19)21-8-13(18)16-15-10(2)17/h4-7H,3,8-9H2,1-2H3,(H,15,17)(H,16,18). The van der Waals surface area contributed by atoms with Crippen LogP contribution in [0.1, 0.15) is 19.4 Å². The Bertz CT molecular complexity index is 499. The van der Waals surface area contributed by atoms with Crippen LogP contribution >= 0.6 is 0 Å². The third kappa shape index (κ3) is 6.95. The Labute approximate surface area is 122 Å². The Morgan fingerprint density at radius 2 is 1.71 bits per heavy atom. The molecule has 21 heavy (non-hydrogen) atoms.